The highest BCUT2D eigenvalue weighted by Crippen LogP contribution is 2.08. The zero-order valence-electron chi connectivity index (χ0n) is 10.0. The SMILES string of the molecule is C[Si](C)(C)CCOC(=O)N[C@H]1CCOC1=O. The van der Waals surface area contributed by atoms with E-state index >= 15 is 0 Å². The van der Waals surface area contributed by atoms with Crippen LogP contribution in [0.15, 0.2) is 0 Å². The quantitative estimate of drug-likeness (QED) is 0.600. The third kappa shape index (κ3) is 4.65. The Kier molecular flexibility index (Phi) is 4.34. The highest BCUT2D eigenvalue weighted by atomic mass is 28.3. The molecule has 1 heterocycles. The average Bonchev–Trinajstić information content (AvgIpc) is 2.49. The van der Waals surface area contributed by atoms with Gasteiger partial charge in [-0.05, 0) is 6.04 Å². The number of hydrogen-bond acceptors (Lipinski definition) is 4. The molecule has 0 aromatic rings. The van der Waals surface area contributed by atoms with Gasteiger partial charge in [0.1, 0.15) is 6.04 Å². The molecule has 1 aliphatic heterocycles. The lowest BCUT2D eigenvalue weighted by Crippen LogP contribution is -2.38. The molecule has 16 heavy (non-hydrogen) atoms. The molecule has 1 N–H and O–H groups in total. The molecule has 1 saturated heterocycles. The first-order valence-electron chi connectivity index (χ1n) is 5.48. The number of amides is 1. The molecule has 0 radical (unpaired) electrons. The lowest BCUT2D eigenvalue weighted by molar-refractivity contribution is -0.139. The van der Waals surface area contributed by atoms with Crippen LogP contribution in [0.5, 0.6) is 0 Å². The number of hydrogen-bond donors (Lipinski definition) is 1. The second kappa shape index (κ2) is 5.34. The van der Waals surface area contributed by atoms with Gasteiger partial charge in [0.15, 0.2) is 0 Å². The highest BCUT2D eigenvalue weighted by Gasteiger charge is 2.28. The molecule has 6 heteroatoms. The van der Waals surface area contributed by atoms with Crippen LogP contribution in [0.1, 0.15) is 6.42 Å². The van der Waals surface area contributed by atoms with Crippen LogP contribution in [0.2, 0.25) is 25.7 Å². The number of carbonyl (C=O) groups is 2. The van der Waals surface area contributed by atoms with Gasteiger partial charge in [0.2, 0.25) is 0 Å². The second-order valence-electron chi connectivity index (χ2n) is 5.10. The average molecular weight is 245 g/mol. The van der Waals surface area contributed by atoms with Crippen LogP contribution in [0, 0.1) is 0 Å². The van der Waals surface area contributed by atoms with E-state index in [1.54, 1.807) is 0 Å². The Labute approximate surface area is 96.5 Å². The predicted octanol–water partition coefficient (Wildman–Crippen LogP) is 1.37. The second-order valence-corrected chi connectivity index (χ2v) is 10.7. The summed E-state index contributed by atoms with van der Waals surface area (Å²) in [6.45, 7) is 7.43. The highest BCUT2D eigenvalue weighted by molar-refractivity contribution is 6.76. The van der Waals surface area contributed by atoms with Crippen LogP contribution in [0.25, 0.3) is 0 Å². The lowest BCUT2D eigenvalue weighted by Gasteiger charge is -2.16. The number of nitrogens with one attached hydrogen (secondary N) is 1. The van der Waals surface area contributed by atoms with Crippen LogP contribution in [0.3, 0.4) is 0 Å². The van der Waals surface area contributed by atoms with E-state index in [1.165, 1.54) is 0 Å². The fourth-order valence-electron chi connectivity index (χ4n) is 1.26. The molecule has 1 amide bonds. The Hall–Kier alpha value is -1.04. The lowest BCUT2D eigenvalue weighted by atomic mass is 10.2. The van der Waals surface area contributed by atoms with Crippen molar-refractivity contribution in [2.75, 3.05) is 13.2 Å². The summed E-state index contributed by atoms with van der Waals surface area (Å²) in [5.74, 6) is -0.373. The molecule has 1 atom stereocenters. The predicted molar refractivity (Wildman–Crippen MR) is 62.0 cm³/mol. The summed E-state index contributed by atoms with van der Waals surface area (Å²) in [5, 5.41) is 2.49. The van der Waals surface area contributed by atoms with Gasteiger partial charge in [0.05, 0.1) is 13.2 Å². The van der Waals surface area contributed by atoms with E-state index in [-0.39, 0.29) is 5.97 Å². The zero-order chi connectivity index (χ0) is 12.2. The largest absolute Gasteiger partial charge is 0.464 e. The fraction of sp³-hybridized carbons (Fsp3) is 0.800. The maximum Gasteiger partial charge on any atom is 0.407 e. The van der Waals surface area contributed by atoms with Gasteiger partial charge in [-0.25, -0.2) is 9.59 Å². The number of carbonyl (C=O) groups excluding carboxylic acids is 2. The summed E-state index contributed by atoms with van der Waals surface area (Å²) in [6, 6.07) is 0.398. The van der Waals surface area contributed by atoms with Crippen LogP contribution >= 0.6 is 0 Å². The summed E-state index contributed by atoms with van der Waals surface area (Å²) in [4.78, 5) is 22.4. The molecule has 0 aliphatic carbocycles. The molecule has 0 unspecified atom stereocenters. The number of rotatable bonds is 4. The smallest absolute Gasteiger partial charge is 0.407 e. The molecule has 5 nitrogen and oxygen atoms in total. The van der Waals surface area contributed by atoms with Gasteiger partial charge in [0.25, 0.3) is 0 Å². The first kappa shape index (κ1) is 13.0. The summed E-state index contributed by atoms with van der Waals surface area (Å²) >= 11 is 0. The van der Waals surface area contributed by atoms with Crippen LogP contribution in [0.4, 0.5) is 4.79 Å². The molecular formula is C10H19NO4Si. The normalized spacial score (nSPS) is 20.4. The van der Waals surface area contributed by atoms with Crippen molar-refractivity contribution in [3.05, 3.63) is 0 Å². The minimum atomic E-state index is -1.18. The van der Waals surface area contributed by atoms with Crippen LogP contribution in [-0.2, 0) is 14.3 Å². The first-order valence-corrected chi connectivity index (χ1v) is 9.19. The minimum absolute atomic E-state index is 0.373. The van der Waals surface area contributed by atoms with Crippen molar-refractivity contribution >= 4 is 20.1 Å². The van der Waals surface area contributed by atoms with E-state index < -0.39 is 20.2 Å². The van der Waals surface area contributed by atoms with E-state index in [2.05, 4.69) is 25.0 Å². The molecule has 0 aromatic heterocycles. The molecule has 0 spiro atoms. The maximum absolute atomic E-state index is 11.3. The molecule has 0 aromatic carbocycles. The summed E-state index contributed by atoms with van der Waals surface area (Å²) in [6.07, 6.45) is 0.00388. The summed E-state index contributed by atoms with van der Waals surface area (Å²) in [5.41, 5.74) is 0. The van der Waals surface area contributed by atoms with Crippen LogP contribution in [-0.4, -0.2) is 39.4 Å². The van der Waals surface area contributed by atoms with E-state index in [1.807, 2.05) is 0 Å². The number of cyclic esters (lactones) is 1. The van der Waals surface area contributed by atoms with E-state index in [0.717, 1.165) is 6.04 Å². The number of esters is 1. The van der Waals surface area contributed by atoms with Gasteiger partial charge in [0, 0.05) is 14.5 Å². The van der Waals surface area contributed by atoms with Gasteiger partial charge in [-0.3, -0.25) is 0 Å². The van der Waals surface area contributed by atoms with Crippen LogP contribution < -0.4 is 5.32 Å². The maximum atomic E-state index is 11.3. The van der Waals surface area contributed by atoms with Crippen molar-refractivity contribution in [2.45, 2.75) is 38.1 Å². The third-order valence-electron chi connectivity index (χ3n) is 2.31. The van der Waals surface area contributed by atoms with Crippen molar-refractivity contribution in [2.24, 2.45) is 0 Å². The monoisotopic (exact) mass is 245 g/mol. The Bertz CT molecular complexity index is 274. The van der Waals surface area contributed by atoms with Gasteiger partial charge < -0.3 is 14.8 Å². The first-order chi connectivity index (χ1) is 7.38. The van der Waals surface area contributed by atoms with Gasteiger partial charge in [-0.15, -0.1) is 0 Å². The molecule has 1 fully saturated rings. The number of alkyl carbamates (subject to hydrolysis) is 1. The third-order valence-corrected chi connectivity index (χ3v) is 4.02. The number of ether oxygens (including phenoxy) is 2. The Morgan fingerprint density at radius 3 is 2.75 bits per heavy atom. The molecule has 1 rings (SSSR count). The minimum Gasteiger partial charge on any atom is -0.464 e. The van der Waals surface area contributed by atoms with E-state index in [0.29, 0.717) is 19.6 Å². The van der Waals surface area contributed by atoms with Crippen molar-refractivity contribution in [3.8, 4) is 0 Å². The molecule has 0 saturated carbocycles. The van der Waals surface area contributed by atoms with Crippen molar-refractivity contribution in [1.29, 1.82) is 0 Å². The Balaban J connectivity index is 2.18. The molecule has 0 bridgehead atoms. The standard InChI is InChI=1S/C10H19NO4Si/c1-16(2,3)7-6-15-10(13)11-8-4-5-14-9(8)12/h8H,4-7H2,1-3H3,(H,11,13)/t8-/m0/s1. The van der Waals surface area contributed by atoms with E-state index in [9.17, 15) is 9.59 Å². The van der Waals surface area contributed by atoms with E-state index in [4.69, 9.17) is 9.47 Å². The van der Waals surface area contributed by atoms with Crippen molar-refractivity contribution in [3.63, 3.8) is 0 Å². The van der Waals surface area contributed by atoms with Gasteiger partial charge >= 0.3 is 12.1 Å². The van der Waals surface area contributed by atoms with Crippen molar-refractivity contribution < 1.29 is 19.1 Å². The molecular weight excluding hydrogens is 226 g/mol. The molecule has 92 valence electrons. The topological polar surface area (TPSA) is 64.6 Å². The fourth-order valence-corrected chi connectivity index (χ4v) is 1.98. The van der Waals surface area contributed by atoms with Gasteiger partial charge in [-0.1, -0.05) is 19.6 Å². The Morgan fingerprint density at radius 1 is 1.56 bits per heavy atom. The Morgan fingerprint density at radius 2 is 2.25 bits per heavy atom. The molecule has 1 aliphatic rings. The summed E-state index contributed by atoms with van der Waals surface area (Å²) < 4.78 is 9.73. The van der Waals surface area contributed by atoms with Crippen molar-refractivity contribution in [1.82, 2.24) is 5.32 Å². The summed E-state index contributed by atoms with van der Waals surface area (Å²) in [7, 11) is -1.18. The zero-order valence-corrected chi connectivity index (χ0v) is 11.0. The van der Waals surface area contributed by atoms with Gasteiger partial charge in [-0.2, -0.15) is 0 Å².